The van der Waals surface area contributed by atoms with Gasteiger partial charge in [-0.3, -0.25) is 4.79 Å². The van der Waals surface area contributed by atoms with Crippen LogP contribution in [0.25, 0.3) is 0 Å². The fourth-order valence-corrected chi connectivity index (χ4v) is 3.86. The van der Waals surface area contributed by atoms with Crippen LogP contribution in [0.15, 0.2) is 41.3 Å². The number of ether oxygens (including phenoxy) is 1. The van der Waals surface area contributed by atoms with Gasteiger partial charge in [-0.25, -0.2) is 8.42 Å². The number of carbonyl (C=O) groups is 1. The third-order valence-corrected chi connectivity index (χ3v) is 6.16. The third kappa shape index (κ3) is 5.22. The molecule has 0 aliphatic heterocycles. The molecule has 0 aliphatic rings. The van der Waals surface area contributed by atoms with E-state index >= 15 is 0 Å². The Hall–Kier alpha value is -2.09. The highest BCUT2D eigenvalue weighted by atomic mass is 35.5. The van der Waals surface area contributed by atoms with Crippen molar-refractivity contribution < 1.29 is 17.9 Å². The summed E-state index contributed by atoms with van der Waals surface area (Å²) < 4.78 is 31.7. The molecule has 1 amide bonds. The van der Waals surface area contributed by atoms with Crippen molar-refractivity contribution in [1.82, 2.24) is 4.31 Å². The zero-order chi connectivity index (χ0) is 20.2. The highest BCUT2D eigenvalue weighted by Gasteiger charge is 2.24. The summed E-state index contributed by atoms with van der Waals surface area (Å²) in [6.07, 6.45) is 0. The van der Waals surface area contributed by atoms with Gasteiger partial charge in [-0.05, 0) is 62.2 Å². The van der Waals surface area contributed by atoms with Gasteiger partial charge in [-0.15, -0.1) is 0 Å². The van der Waals surface area contributed by atoms with Gasteiger partial charge in [0.1, 0.15) is 5.75 Å². The highest BCUT2D eigenvalue weighted by Crippen LogP contribution is 2.28. The Morgan fingerprint density at radius 1 is 1.15 bits per heavy atom. The Labute approximate surface area is 165 Å². The van der Waals surface area contributed by atoms with Crippen LogP contribution >= 0.6 is 11.6 Å². The predicted molar refractivity (Wildman–Crippen MR) is 107 cm³/mol. The summed E-state index contributed by atoms with van der Waals surface area (Å²) in [5.41, 5.74) is 2.77. The number of halogens is 1. The van der Waals surface area contributed by atoms with Crippen LogP contribution in [0.5, 0.6) is 5.75 Å². The SMILES string of the molecule is CCOc1ccc(S(=O)(=O)N(C)CC(=O)Nc2ccc(C)c(C)c2)cc1Cl. The van der Waals surface area contributed by atoms with Crippen molar-refractivity contribution in [3.8, 4) is 5.75 Å². The Kier molecular flexibility index (Phi) is 6.86. The summed E-state index contributed by atoms with van der Waals surface area (Å²) in [7, 11) is -2.52. The Morgan fingerprint density at radius 3 is 2.44 bits per heavy atom. The van der Waals surface area contributed by atoms with E-state index in [0.717, 1.165) is 15.4 Å². The van der Waals surface area contributed by atoms with Gasteiger partial charge in [0.05, 0.1) is 23.1 Å². The van der Waals surface area contributed by atoms with Crippen LogP contribution in [0.2, 0.25) is 5.02 Å². The van der Waals surface area contributed by atoms with Crippen molar-refractivity contribution in [2.45, 2.75) is 25.7 Å². The standard InChI is InChI=1S/C19H23ClN2O4S/c1-5-26-18-9-8-16(11-17(18)20)27(24,25)22(4)12-19(23)21-15-7-6-13(2)14(3)10-15/h6-11H,5,12H2,1-4H3,(H,21,23). The summed E-state index contributed by atoms with van der Waals surface area (Å²) in [4.78, 5) is 12.2. The molecule has 0 spiro atoms. The van der Waals surface area contributed by atoms with Crippen molar-refractivity contribution in [3.05, 3.63) is 52.5 Å². The lowest BCUT2D eigenvalue weighted by molar-refractivity contribution is -0.116. The molecule has 0 saturated carbocycles. The van der Waals surface area contributed by atoms with Crippen LogP contribution in [0.1, 0.15) is 18.1 Å². The molecule has 0 atom stereocenters. The van der Waals surface area contributed by atoms with Crippen molar-refractivity contribution in [2.75, 3.05) is 25.5 Å². The number of anilines is 1. The van der Waals surface area contributed by atoms with Crippen LogP contribution in [0.4, 0.5) is 5.69 Å². The zero-order valence-corrected chi connectivity index (χ0v) is 17.3. The van der Waals surface area contributed by atoms with Gasteiger partial charge >= 0.3 is 0 Å². The summed E-state index contributed by atoms with van der Waals surface area (Å²) in [5.74, 6) is -0.0189. The number of carbonyl (C=O) groups excluding carboxylic acids is 1. The first-order valence-electron chi connectivity index (χ1n) is 8.41. The molecule has 0 saturated heterocycles. The monoisotopic (exact) mass is 410 g/mol. The minimum atomic E-state index is -3.86. The number of sulfonamides is 1. The number of aryl methyl sites for hydroxylation is 2. The van der Waals surface area contributed by atoms with E-state index in [2.05, 4.69) is 5.32 Å². The highest BCUT2D eigenvalue weighted by molar-refractivity contribution is 7.89. The molecular formula is C19H23ClN2O4S. The van der Waals surface area contributed by atoms with Gasteiger partial charge in [0.15, 0.2) is 0 Å². The third-order valence-electron chi connectivity index (χ3n) is 4.07. The van der Waals surface area contributed by atoms with Gasteiger partial charge in [0.25, 0.3) is 0 Å². The smallest absolute Gasteiger partial charge is 0.243 e. The number of rotatable bonds is 7. The average molecular weight is 411 g/mol. The molecule has 0 aromatic heterocycles. The van der Waals surface area contributed by atoms with Gasteiger partial charge in [0, 0.05) is 12.7 Å². The Morgan fingerprint density at radius 2 is 1.85 bits per heavy atom. The molecule has 2 aromatic carbocycles. The van der Waals surface area contributed by atoms with E-state index < -0.39 is 15.9 Å². The van der Waals surface area contributed by atoms with Gasteiger partial charge in [-0.2, -0.15) is 4.31 Å². The van der Waals surface area contributed by atoms with Crippen LogP contribution in [0.3, 0.4) is 0 Å². The Balaban J connectivity index is 2.11. The lowest BCUT2D eigenvalue weighted by Gasteiger charge is -2.18. The van der Waals surface area contributed by atoms with E-state index in [1.807, 2.05) is 32.9 Å². The first-order valence-corrected chi connectivity index (χ1v) is 10.2. The van der Waals surface area contributed by atoms with Crippen molar-refractivity contribution >= 4 is 33.2 Å². The van der Waals surface area contributed by atoms with E-state index in [4.69, 9.17) is 16.3 Å². The number of nitrogens with one attached hydrogen (secondary N) is 1. The molecular weight excluding hydrogens is 388 g/mol. The fourth-order valence-electron chi connectivity index (χ4n) is 2.40. The molecule has 8 heteroatoms. The molecule has 27 heavy (non-hydrogen) atoms. The van der Waals surface area contributed by atoms with Crippen LogP contribution < -0.4 is 10.1 Å². The number of likely N-dealkylation sites (N-methyl/N-ethyl adjacent to an activating group) is 1. The number of hydrogen-bond donors (Lipinski definition) is 1. The molecule has 2 rings (SSSR count). The summed E-state index contributed by atoms with van der Waals surface area (Å²) in [6.45, 7) is 5.83. The first-order chi connectivity index (χ1) is 12.6. The van der Waals surface area contributed by atoms with Crippen molar-refractivity contribution in [1.29, 1.82) is 0 Å². The molecule has 1 N–H and O–H groups in total. The average Bonchev–Trinajstić information content (AvgIpc) is 2.59. The van der Waals surface area contributed by atoms with Crippen LogP contribution in [0, 0.1) is 13.8 Å². The first kappa shape index (κ1) is 21.2. The van der Waals surface area contributed by atoms with Gasteiger partial charge < -0.3 is 10.1 Å². The van der Waals surface area contributed by atoms with E-state index in [1.54, 1.807) is 6.07 Å². The van der Waals surface area contributed by atoms with Crippen molar-refractivity contribution in [3.63, 3.8) is 0 Å². The lowest BCUT2D eigenvalue weighted by Crippen LogP contribution is -2.35. The molecule has 2 aromatic rings. The molecule has 0 unspecified atom stereocenters. The molecule has 0 fully saturated rings. The second-order valence-corrected chi connectivity index (χ2v) is 8.59. The van der Waals surface area contributed by atoms with Crippen LogP contribution in [-0.2, 0) is 14.8 Å². The maximum atomic E-state index is 12.7. The normalized spacial score (nSPS) is 11.5. The molecule has 146 valence electrons. The van der Waals surface area contributed by atoms with Gasteiger partial charge in [0.2, 0.25) is 15.9 Å². The van der Waals surface area contributed by atoms with E-state index in [9.17, 15) is 13.2 Å². The number of benzene rings is 2. The number of amides is 1. The second-order valence-electron chi connectivity index (χ2n) is 6.13. The topological polar surface area (TPSA) is 75.7 Å². The fraction of sp³-hybridized carbons (Fsp3) is 0.316. The van der Waals surface area contributed by atoms with E-state index in [1.165, 1.54) is 25.2 Å². The minimum Gasteiger partial charge on any atom is -0.492 e. The molecule has 0 heterocycles. The number of hydrogen-bond acceptors (Lipinski definition) is 4. The van der Waals surface area contributed by atoms with Crippen LogP contribution in [-0.4, -0.2) is 38.8 Å². The molecule has 0 radical (unpaired) electrons. The van der Waals surface area contributed by atoms with E-state index in [-0.39, 0.29) is 16.5 Å². The summed E-state index contributed by atoms with van der Waals surface area (Å²) in [5, 5.41) is 2.91. The minimum absolute atomic E-state index is 0.00238. The molecule has 6 nitrogen and oxygen atoms in total. The predicted octanol–water partition coefficient (Wildman–Crippen LogP) is 3.61. The number of nitrogens with zero attached hydrogens (tertiary/aromatic N) is 1. The maximum absolute atomic E-state index is 12.7. The van der Waals surface area contributed by atoms with Gasteiger partial charge in [-0.1, -0.05) is 17.7 Å². The Bertz CT molecular complexity index is 945. The van der Waals surface area contributed by atoms with E-state index in [0.29, 0.717) is 18.0 Å². The largest absolute Gasteiger partial charge is 0.492 e. The maximum Gasteiger partial charge on any atom is 0.243 e. The zero-order valence-electron chi connectivity index (χ0n) is 15.7. The second kappa shape index (κ2) is 8.73. The lowest BCUT2D eigenvalue weighted by atomic mass is 10.1. The summed E-state index contributed by atoms with van der Waals surface area (Å²) >= 11 is 6.07. The summed E-state index contributed by atoms with van der Waals surface area (Å²) in [6, 6.07) is 9.74. The molecule has 0 aliphatic carbocycles. The quantitative estimate of drug-likeness (QED) is 0.756. The molecule has 0 bridgehead atoms. The van der Waals surface area contributed by atoms with Crippen molar-refractivity contribution in [2.24, 2.45) is 0 Å².